The van der Waals surface area contributed by atoms with E-state index in [9.17, 15) is 0 Å². The molecule has 0 aromatic carbocycles. The summed E-state index contributed by atoms with van der Waals surface area (Å²) in [6.07, 6.45) is 7.29. The Balaban J connectivity index is 2.34. The van der Waals surface area contributed by atoms with Gasteiger partial charge in [0.1, 0.15) is 0 Å². The first kappa shape index (κ1) is 8.85. The van der Waals surface area contributed by atoms with E-state index in [1.807, 2.05) is 6.26 Å². The molecule has 0 amide bonds. The zero-order chi connectivity index (χ0) is 8.32. The molecule has 0 spiro atoms. The van der Waals surface area contributed by atoms with Gasteiger partial charge < -0.3 is 4.43 Å². The molecule has 0 radical (unpaired) electrons. The van der Waals surface area contributed by atoms with E-state index in [1.165, 1.54) is 31.3 Å². The van der Waals surface area contributed by atoms with E-state index in [0.717, 1.165) is 0 Å². The second-order valence-electron chi connectivity index (χ2n) is 4.21. The molecule has 0 N–H and O–H groups in total. The van der Waals surface area contributed by atoms with Crippen LogP contribution in [-0.4, -0.2) is 8.32 Å². The minimum Gasteiger partial charge on any atom is -0.550 e. The molecule has 2 heteroatoms. The molecule has 0 heterocycles. The van der Waals surface area contributed by atoms with E-state index in [0.29, 0.717) is 0 Å². The van der Waals surface area contributed by atoms with Gasteiger partial charge in [-0.1, -0.05) is 0 Å². The third-order valence-electron chi connectivity index (χ3n) is 1.82. The van der Waals surface area contributed by atoms with Crippen LogP contribution in [0.4, 0.5) is 0 Å². The minimum absolute atomic E-state index is 1.27. The fourth-order valence-corrected chi connectivity index (χ4v) is 1.73. The van der Waals surface area contributed by atoms with E-state index in [1.54, 1.807) is 0 Å². The lowest BCUT2D eigenvalue weighted by Crippen LogP contribution is -2.22. The van der Waals surface area contributed by atoms with Gasteiger partial charge >= 0.3 is 0 Å². The maximum atomic E-state index is 5.69. The molecule has 1 saturated carbocycles. The van der Waals surface area contributed by atoms with Crippen molar-refractivity contribution in [2.75, 3.05) is 0 Å². The topological polar surface area (TPSA) is 9.23 Å². The van der Waals surface area contributed by atoms with Gasteiger partial charge in [0.15, 0.2) is 0 Å². The molecule has 0 aromatic heterocycles. The van der Waals surface area contributed by atoms with Crippen molar-refractivity contribution >= 4 is 8.32 Å². The maximum Gasteiger partial charge on any atom is 0.241 e. The van der Waals surface area contributed by atoms with E-state index in [4.69, 9.17) is 4.43 Å². The first-order valence-electron chi connectivity index (χ1n) is 4.44. The summed E-state index contributed by atoms with van der Waals surface area (Å²) in [7, 11) is -1.30. The van der Waals surface area contributed by atoms with Gasteiger partial charge in [-0.05, 0) is 50.9 Å². The van der Waals surface area contributed by atoms with Gasteiger partial charge in [-0.2, -0.15) is 0 Å². The molecule has 64 valence electrons. The quantitative estimate of drug-likeness (QED) is 0.456. The summed E-state index contributed by atoms with van der Waals surface area (Å²) >= 11 is 0. The number of hydrogen-bond acceptors (Lipinski definition) is 1. The first-order valence-corrected chi connectivity index (χ1v) is 7.84. The van der Waals surface area contributed by atoms with Crippen molar-refractivity contribution in [1.82, 2.24) is 0 Å². The van der Waals surface area contributed by atoms with Crippen LogP contribution >= 0.6 is 0 Å². The van der Waals surface area contributed by atoms with E-state index >= 15 is 0 Å². The third kappa shape index (κ3) is 3.61. The highest BCUT2D eigenvalue weighted by Crippen LogP contribution is 2.24. The van der Waals surface area contributed by atoms with E-state index in [2.05, 4.69) is 19.6 Å². The van der Waals surface area contributed by atoms with Crippen molar-refractivity contribution in [3.8, 4) is 0 Å². The molecule has 1 rings (SSSR count). The Labute approximate surface area is 70.6 Å². The Hall–Kier alpha value is -0.243. The Morgan fingerprint density at radius 2 is 1.73 bits per heavy atom. The summed E-state index contributed by atoms with van der Waals surface area (Å²) in [5.74, 6) is 0. The van der Waals surface area contributed by atoms with Crippen LogP contribution < -0.4 is 0 Å². The van der Waals surface area contributed by atoms with Crippen LogP contribution in [0, 0.1) is 0 Å². The number of hydrogen-bond donors (Lipinski definition) is 0. The summed E-state index contributed by atoms with van der Waals surface area (Å²) in [6.45, 7) is 6.66. The predicted molar refractivity (Wildman–Crippen MR) is 51.0 cm³/mol. The highest BCUT2D eigenvalue weighted by molar-refractivity contribution is 6.69. The Kier molecular flexibility index (Phi) is 2.76. The van der Waals surface area contributed by atoms with Crippen LogP contribution in [0.15, 0.2) is 11.8 Å². The summed E-state index contributed by atoms with van der Waals surface area (Å²) in [4.78, 5) is 0. The monoisotopic (exact) mass is 170 g/mol. The van der Waals surface area contributed by atoms with Crippen molar-refractivity contribution in [1.29, 1.82) is 0 Å². The number of rotatable bonds is 2. The van der Waals surface area contributed by atoms with Crippen LogP contribution in [0.5, 0.6) is 0 Å². The van der Waals surface area contributed by atoms with Crippen LogP contribution in [0.1, 0.15) is 25.7 Å². The third-order valence-corrected chi connectivity index (χ3v) is 2.65. The fraction of sp³-hybridized carbons (Fsp3) is 0.778. The SMILES string of the molecule is C[Si](C)(C)OC=C1CCCC1. The predicted octanol–water partition coefficient (Wildman–Crippen LogP) is 3.30. The molecule has 0 unspecified atom stereocenters. The summed E-state index contributed by atoms with van der Waals surface area (Å²) in [5.41, 5.74) is 1.52. The van der Waals surface area contributed by atoms with Gasteiger partial charge in [0.25, 0.3) is 0 Å². The molecule has 11 heavy (non-hydrogen) atoms. The summed E-state index contributed by atoms with van der Waals surface area (Å²) in [5, 5.41) is 0. The summed E-state index contributed by atoms with van der Waals surface area (Å²) < 4.78 is 5.69. The Morgan fingerprint density at radius 3 is 2.18 bits per heavy atom. The van der Waals surface area contributed by atoms with E-state index in [-0.39, 0.29) is 0 Å². The van der Waals surface area contributed by atoms with Gasteiger partial charge in [-0.15, -0.1) is 0 Å². The normalized spacial score (nSPS) is 18.6. The van der Waals surface area contributed by atoms with Crippen LogP contribution in [-0.2, 0) is 4.43 Å². The second kappa shape index (κ2) is 3.44. The Morgan fingerprint density at radius 1 is 1.18 bits per heavy atom. The molecule has 0 aromatic rings. The van der Waals surface area contributed by atoms with Gasteiger partial charge in [-0.3, -0.25) is 0 Å². The Bertz CT molecular complexity index is 147. The lowest BCUT2D eigenvalue weighted by molar-refractivity contribution is 0.471. The zero-order valence-corrected chi connectivity index (χ0v) is 8.81. The lowest BCUT2D eigenvalue weighted by Gasteiger charge is -2.15. The van der Waals surface area contributed by atoms with Crippen LogP contribution in [0.2, 0.25) is 19.6 Å². The zero-order valence-electron chi connectivity index (χ0n) is 7.81. The molecular weight excluding hydrogens is 152 g/mol. The van der Waals surface area contributed by atoms with Crippen molar-refractivity contribution in [3.05, 3.63) is 11.8 Å². The highest BCUT2D eigenvalue weighted by Gasteiger charge is 2.14. The maximum absolute atomic E-state index is 5.69. The van der Waals surface area contributed by atoms with Crippen molar-refractivity contribution in [2.45, 2.75) is 45.3 Å². The highest BCUT2D eigenvalue weighted by atomic mass is 28.4. The molecule has 0 bridgehead atoms. The molecule has 0 atom stereocenters. The van der Waals surface area contributed by atoms with E-state index < -0.39 is 8.32 Å². The van der Waals surface area contributed by atoms with Crippen molar-refractivity contribution in [2.24, 2.45) is 0 Å². The standard InChI is InChI=1S/C9H18OSi/c1-11(2,3)10-8-9-6-4-5-7-9/h8H,4-7H2,1-3H3. The molecule has 1 aliphatic rings. The molecule has 1 nitrogen and oxygen atoms in total. The van der Waals surface area contributed by atoms with Gasteiger partial charge in [0, 0.05) is 0 Å². The van der Waals surface area contributed by atoms with Gasteiger partial charge in [-0.25, -0.2) is 0 Å². The second-order valence-corrected chi connectivity index (χ2v) is 8.67. The first-order chi connectivity index (χ1) is 5.08. The molecule has 0 aliphatic heterocycles. The van der Waals surface area contributed by atoms with Gasteiger partial charge in [0.2, 0.25) is 8.32 Å². The summed E-state index contributed by atoms with van der Waals surface area (Å²) in [6, 6.07) is 0. The van der Waals surface area contributed by atoms with Crippen LogP contribution in [0.3, 0.4) is 0 Å². The average Bonchev–Trinajstić information content (AvgIpc) is 2.32. The van der Waals surface area contributed by atoms with Crippen molar-refractivity contribution in [3.63, 3.8) is 0 Å². The molecule has 1 fully saturated rings. The smallest absolute Gasteiger partial charge is 0.241 e. The fourth-order valence-electron chi connectivity index (χ4n) is 1.21. The van der Waals surface area contributed by atoms with Crippen molar-refractivity contribution < 1.29 is 4.43 Å². The minimum atomic E-state index is -1.30. The molecule has 0 saturated heterocycles. The molecular formula is C9H18OSi. The van der Waals surface area contributed by atoms with Crippen LogP contribution in [0.25, 0.3) is 0 Å². The average molecular weight is 170 g/mol. The molecule has 1 aliphatic carbocycles. The van der Waals surface area contributed by atoms with Gasteiger partial charge in [0.05, 0.1) is 6.26 Å². The largest absolute Gasteiger partial charge is 0.550 e. The lowest BCUT2D eigenvalue weighted by atomic mass is 10.3. The number of allylic oxidation sites excluding steroid dienone is 1.